The molecule has 0 aliphatic carbocycles. The maximum atomic E-state index is 5.72. The fourth-order valence-corrected chi connectivity index (χ4v) is 1.51. The van der Waals surface area contributed by atoms with Crippen LogP contribution in [0.15, 0.2) is 36.4 Å². The van der Waals surface area contributed by atoms with E-state index in [4.69, 9.17) is 5.73 Å². The molecule has 16 heavy (non-hydrogen) atoms. The SMILES string of the molecule is CNNc1ccbc(-c2cc(N)ccn2)c1. The first kappa shape index (κ1) is 10.6. The molecule has 5 heteroatoms. The summed E-state index contributed by atoms with van der Waals surface area (Å²) in [5, 5.41) is 0. The second-order valence-corrected chi connectivity index (χ2v) is 3.43. The van der Waals surface area contributed by atoms with Crippen LogP contribution in [-0.4, -0.2) is 18.9 Å². The number of hydrogen-bond donors (Lipinski definition) is 3. The summed E-state index contributed by atoms with van der Waals surface area (Å²) < 4.78 is 0. The standard InChI is InChI=1S/C11H13BN4/c1-14-16-9-2-4-12-10(7-9)11-6-8(13)3-5-15-11/h2-7,14,16H,1H3,(H2,13,15). The Labute approximate surface area is 95.1 Å². The van der Waals surface area contributed by atoms with Crippen LogP contribution >= 0.6 is 0 Å². The summed E-state index contributed by atoms with van der Waals surface area (Å²) in [7, 11) is 1.82. The molecule has 0 atom stereocenters. The molecular formula is C11H13BN4. The zero-order chi connectivity index (χ0) is 11.4. The Morgan fingerprint density at radius 1 is 1.31 bits per heavy atom. The van der Waals surface area contributed by atoms with Crippen molar-refractivity contribution in [3.05, 3.63) is 36.4 Å². The molecule has 0 radical (unpaired) electrons. The van der Waals surface area contributed by atoms with Crippen molar-refractivity contribution >= 4 is 18.3 Å². The molecule has 2 rings (SSSR count). The average Bonchev–Trinajstić information content (AvgIpc) is 2.30. The number of pyridine rings is 1. The molecular weight excluding hydrogens is 199 g/mol. The first-order valence-corrected chi connectivity index (χ1v) is 5.04. The summed E-state index contributed by atoms with van der Waals surface area (Å²) in [5.41, 5.74) is 15.2. The van der Waals surface area contributed by atoms with Crippen LogP contribution in [0.25, 0.3) is 11.2 Å². The van der Waals surface area contributed by atoms with Gasteiger partial charge in [-0.1, -0.05) is 0 Å². The molecule has 0 spiro atoms. The van der Waals surface area contributed by atoms with Crippen LogP contribution < -0.4 is 16.6 Å². The number of rotatable bonds is 3. The monoisotopic (exact) mass is 212 g/mol. The third-order valence-corrected chi connectivity index (χ3v) is 2.21. The molecule has 0 fully saturated rings. The van der Waals surface area contributed by atoms with Crippen molar-refractivity contribution in [3.8, 4) is 11.2 Å². The number of hydrazine groups is 1. The van der Waals surface area contributed by atoms with E-state index in [-0.39, 0.29) is 0 Å². The van der Waals surface area contributed by atoms with Gasteiger partial charge in [-0.15, -0.1) is 0 Å². The molecule has 2 aromatic rings. The van der Waals surface area contributed by atoms with Crippen LogP contribution in [0.1, 0.15) is 0 Å². The molecule has 0 aliphatic heterocycles. The normalized spacial score (nSPS) is 9.81. The molecule has 0 aromatic carbocycles. The summed E-state index contributed by atoms with van der Waals surface area (Å²) in [6, 6.07) is 7.63. The van der Waals surface area contributed by atoms with E-state index < -0.39 is 0 Å². The molecule has 0 amide bonds. The molecule has 0 bridgehead atoms. The maximum absolute atomic E-state index is 5.72. The minimum atomic E-state index is 0.719. The Hall–Kier alpha value is -1.88. The number of nitrogen functional groups attached to an aromatic ring is 1. The molecule has 80 valence electrons. The number of nitrogens with two attached hydrogens (primary N) is 1. The third-order valence-electron chi connectivity index (χ3n) is 2.21. The quantitative estimate of drug-likeness (QED) is 0.669. The van der Waals surface area contributed by atoms with Gasteiger partial charge in [0.05, 0.1) is 0 Å². The van der Waals surface area contributed by atoms with Crippen LogP contribution in [0, 0.1) is 0 Å². The predicted molar refractivity (Wildman–Crippen MR) is 68.1 cm³/mol. The van der Waals surface area contributed by atoms with Gasteiger partial charge in [0.25, 0.3) is 0 Å². The van der Waals surface area contributed by atoms with Gasteiger partial charge in [-0.25, -0.2) is 0 Å². The van der Waals surface area contributed by atoms with Crippen LogP contribution in [0.4, 0.5) is 11.4 Å². The molecule has 2 aromatic heterocycles. The van der Waals surface area contributed by atoms with E-state index in [9.17, 15) is 0 Å². The topological polar surface area (TPSA) is 63.0 Å². The van der Waals surface area contributed by atoms with E-state index in [0.717, 1.165) is 22.5 Å². The van der Waals surface area contributed by atoms with Gasteiger partial charge in [0.1, 0.15) is 0 Å². The first-order valence-electron chi connectivity index (χ1n) is 5.04. The van der Waals surface area contributed by atoms with Crippen LogP contribution in [0.5, 0.6) is 0 Å². The van der Waals surface area contributed by atoms with Crippen molar-refractivity contribution in [2.75, 3.05) is 18.2 Å². The van der Waals surface area contributed by atoms with Gasteiger partial charge in [-0.05, 0) is 0 Å². The molecule has 0 aliphatic rings. The first-order chi connectivity index (χ1) is 7.79. The zero-order valence-corrected chi connectivity index (χ0v) is 9.07. The van der Waals surface area contributed by atoms with Crippen LogP contribution in [0.2, 0.25) is 0 Å². The van der Waals surface area contributed by atoms with E-state index in [1.54, 1.807) is 12.3 Å². The fraction of sp³-hybridized carbons (Fsp3) is 0.0909. The molecule has 0 unspecified atom stereocenters. The van der Waals surface area contributed by atoms with E-state index in [0.29, 0.717) is 0 Å². The molecule has 0 saturated carbocycles. The second-order valence-electron chi connectivity index (χ2n) is 3.43. The Balaban J connectivity index is 2.36. The molecule has 2 heterocycles. The third kappa shape index (κ3) is 2.38. The van der Waals surface area contributed by atoms with E-state index in [1.807, 2.05) is 38.1 Å². The minimum absolute atomic E-state index is 0.719. The molecule has 4 N–H and O–H groups in total. The number of anilines is 2. The van der Waals surface area contributed by atoms with E-state index >= 15 is 0 Å². The number of aromatic nitrogens is 1. The average molecular weight is 212 g/mol. The van der Waals surface area contributed by atoms with Gasteiger partial charge < -0.3 is 0 Å². The number of nitrogens with zero attached hydrogens (tertiary/aromatic N) is 1. The molecule has 0 saturated heterocycles. The Bertz CT molecular complexity index is 487. The van der Waals surface area contributed by atoms with Gasteiger partial charge in [0, 0.05) is 0 Å². The molecule has 4 nitrogen and oxygen atoms in total. The Morgan fingerprint density at radius 2 is 2.19 bits per heavy atom. The summed E-state index contributed by atoms with van der Waals surface area (Å²) in [6.07, 6.45) is 1.71. The van der Waals surface area contributed by atoms with Gasteiger partial charge in [0.15, 0.2) is 0 Å². The number of hydrogen-bond acceptors (Lipinski definition) is 4. The van der Waals surface area contributed by atoms with Crippen molar-refractivity contribution in [1.82, 2.24) is 10.4 Å². The summed E-state index contributed by atoms with van der Waals surface area (Å²) >= 11 is 0. The zero-order valence-electron chi connectivity index (χ0n) is 9.07. The predicted octanol–water partition coefficient (Wildman–Crippen LogP) is 1.22. The Morgan fingerprint density at radius 3 is 2.94 bits per heavy atom. The van der Waals surface area contributed by atoms with Crippen molar-refractivity contribution in [2.45, 2.75) is 0 Å². The van der Waals surface area contributed by atoms with Gasteiger partial charge >= 0.3 is 94.5 Å². The number of nitrogens with one attached hydrogen (secondary N) is 2. The van der Waals surface area contributed by atoms with Crippen molar-refractivity contribution in [1.29, 1.82) is 0 Å². The van der Waals surface area contributed by atoms with Crippen molar-refractivity contribution in [3.63, 3.8) is 0 Å². The van der Waals surface area contributed by atoms with Gasteiger partial charge in [-0.2, -0.15) is 0 Å². The fourth-order valence-electron chi connectivity index (χ4n) is 1.51. The van der Waals surface area contributed by atoms with Crippen LogP contribution in [-0.2, 0) is 0 Å². The van der Waals surface area contributed by atoms with Gasteiger partial charge in [-0.3, -0.25) is 0 Å². The summed E-state index contributed by atoms with van der Waals surface area (Å²) in [6.45, 7) is 2.00. The second kappa shape index (κ2) is 4.76. The van der Waals surface area contributed by atoms with Crippen molar-refractivity contribution < 1.29 is 0 Å². The summed E-state index contributed by atoms with van der Waals surface area (Å²) in [4.78, 5) is 4.28. The summed E-state index contributed by atoms with van der Waals surface area (Å²) in [5.74, 6) is 1.97. The Kier molecular flexibility index (Phi) is 3.17. The van der Waals surface area contributed by atoms with Crippen LogP contribution in [0.3, 0.4) is 0 Å². The van der Waals surface area contributed by atoms with Gasteiger partial charge in [0.2, 0.25) is 0 Å². The van der Waals surface area contributed by atoms with E-state index in [2.05, 4.69) is 15.8 Å². The van der Waals surface area contributed by atoms with E-state index in [1.165, 1.54) is 0 Å². The van der Waals surface area contributed by atoms with Crippen molar-refractivity contribution in [2.24, 2.45) is 0 Å².